The van der Waals surface area contributed by atoms with Gasteiger partial charge in [0.1, 0.15) is 23.7 Å². The molecule has 2 aliphatic rings. The molecule has 1 atom stereocenters. The molecule has 0 unspecified atom stereocenters. The minimum absolute atomic E-state index is 0.0287. The van der Waals surface area contributed by atoms with E-state index in [1.165, 1.54) is 0 Å². The number of hydrogen-bond donors (Lipinski definition) is 1. The van der Waals surface area contributed by atoms with Gasteiger partial charge in [0.05, 0.1) is 17.8 Å². The first-order valence-corrected chi connectivity index (χ1v) is 12.7. The van der Waals surface area contributed by atoms with Crippen LogP contribution in [0.15, 0.2) is 30.6 Å². The average molecular weight is 475 g/mol. The van der Waals surface area contributed by atoms with E-state index in [9.17, 15) is 4.79 Å². The van der Waals surface area contributed by atoms with Gasteiger partial charge in [-0.25, -0.2) is 9.97 Å². The zero-order chi connectivity index (χ0) is 24.5. The van der Waals surface area contributed by atoms with Crippen molar-refractivity contribution in [2.45, 2.75) is 71.6 Å². The highest BCUT2D eigenvalue weighted by atomic mass is 16.2. The fourth-order valence-electron chi connectivity index (χ4n) is 5.35. The van der Waals surface area contributed by atoms with Crippen LogP contribution in [-0.2, 0) is 13.1 Å². The van der Waals surface area contributed by atoms with Crippen LogP contribution in [0.25, 0.3) is 11.5 Å². The molecule has 3 aromatic rings. The van der Waals surface area contributed by atoms with Crippen LogP contribution >= 0.6 is 0 Å². The molecule has 1 amide bonds. The van der Waals surface area contributed by atoms with Crippen LogP contribution in [0.5, 0.6) is 0 Å². The van der Waals surface area contributed by atoms with Gasteiger partial charge in [-0.15, -0.1) is 10.2 Å². The van der Waals surface area contributed by atoms with Gasteiger partial charge < -0.3 is 14.8 Å². The maximum Gasteiger partial charge on any atom is 0.260 e. The van der Waals surface area contributed by atoms with Crippen LogP contribution in [0, 0.1) is 0 Å². The molecule has 0 bridgehead atoms. The number of aromatic nitrogens is 5. The van der Waals surface area contributed by atoms with E-state index < -0.39 is 0 Å². The predicted octanol–water partition coefficient (Wildman–Crippen LogP) is 3.96. The molecule has 1 fully saturated rings. The lowest BCUT2D eigenvalue weighted by molar-refractivity contribution is 0.0996. The molecule has 9 nitrogen and oxygen atoms in total. The number of hydrogen-bond acceptors (Lipinski definition) is 7. The number of pyridine rings is 2. The number of nitrogens with one attached hydrogen (secondary N) is 1. The van der Waals surface area contributed by atoms with Gasteiger partial charge in [0.15, 0.2) is 5.82 Å². The molecule has 5 rings (SSSR count). The summed E-state index contributed by atoms with van der Waals surface area (Å²) in [7, 11) is 1.91. The molecule has 184 valence electrons. The third-order valence-corrected chi connectivity index (χ3v) is 7.33. The Hall–Kier alpha value is -3.33. The second kappa shape index (κ2) is 9.73. The molecule has 0 aromatic carbocycles. The number of amides is 1. The number of anilines is 2. The number of carbonyl (C=O) groups excluding carboxylic acids is 1. The quantitative estimate of drug-likeness (QED) is 0.528. The molecule has 3 aromatic heterocycles. The maximum absolute atomic E-state index is 13.7. The third-order valence-electron chi connectivity index (χ3n) is 7.33. The predicted molar refractivity (Wildman–Crippen MR) is 136 cm³/mol. The number of nitrogens with zero attached hydrogens (tertiary/aromatic N) is 7. The second-order valence-corrected chi connectivity index (χ2v) is 9.47. The molecule has 5 heterocycles. The zero-order valence-electron chi connectivity index (χ0n) is 21.0. The van der Waals surface area contributed by atoms with Crippen LogP contribution in [0.3, 0.4) is 0 Å². The van der Waals surface area contributed by atoms with Crippen LogP contribution in [0.2, 0.25) is 0 Å². The molecular weight excluding hydrogens is 440 g/mol. The van der Waals surface area contributed by atoms with E-state index in [2.05, 4.69) is 45.8 Å². The van der Waals surface area contributed by atoms with Gasteiger partial charge in [-0.05, 0) is 57.9 Å². The van der Waals surface area contributed by atoms with Crippen molar-refractivity contribution in [3.63, 3.8) is 0 Å². The number of carbonyl (C=O) groups is 1. The minimum atomic E-state index is -0.0287. The van der Waals surface area contributed by atoms with Crippen molar-refractivity contribution in [3.05, 3.63) is 47.4 Å². The lowest BCUT2D eigenvalue weighted by Gasteiger charge is -2.24. The Labute approximate surface area is 206 Å². The molecular formula is C26H34N8O. The fraction of sp³-hybridized carbons (Fsp3) is 0.500. The van der Waals surface area contributed by atoms with E-state index in [0.717, 1.165) is 66.4 Å². The van der Waals surface area contributed by atoms with E-state index in [0.29, 0.717) is 31.0 Å². The summed E-state index contributed by atoms with van der Waals surface area (Å²) in [4.78, 5) is 27.6. The van der Waals surface area contributed by atoms with Crippen molar-refractivity contribution in [1.82, 2.24) is 30.0 Å². The molecule has 0 spiro atoms. The van der Waals surface area contributed by atoms with Gasteiger partial charge >= 0.3 is 0 Å². The fourth-order valence-corrected chi connectivity index (χ4v) is 5.35. The van der Waals surface area contributed by atoms with Crippen molar-refractivity contribution < 1.29 is 4.79 Å². The molecule has 9 heteroatoms. The maximum atomic E-state index is 13.7. The van der Waals surface area contributed by atoms with Gasteiger partial charge in [-0.1, -0.05) is 19.9 Å². The molecule has 0 radical (unpaired) electrons. The lowest BCUT2D eigenvalue weighted by Crippen LogP contribution is -2.28. The van der Waals surface area contributed by atoms with E-state index in [4.69, 9.17) is 9.97 Å². The lowest BCUT2D eigenvalue weighted by atomic mass is 10.1. The topological polar surface area (TPSA) is 92.1 Å². The van der Waals surface area contributed by atoms with Crippen molar-refractivity contribution >= 4 is 17.5 Å². The largest absolute Gasteiger partial charge is 0.354 e. The first-order valence-electron chi connectivity index (χ1n) is 12.7. The number of rotatable bonds is 8. The minimum Gasteiger partial charge on any atom is -0.354 e. The zero-order valence-corrected chi connectivity index (χ0v) is 21.0. The highest BCUT2D eigenvalue weighted by Gasteiger charge is 2.34. The third kappa shape index (κ3) is 4.18. The van der Waals surface area contributed by atoms with E-state index >= 15 is 0 Å². The first-order chi connectivity index (χ1) is 17.0. The smallest absolute Gasteiger partial charge is 0.260 e. The Morgan fingerprint density at radius 2 is 2.00 bits per heavy atom. The Balaban J connectivity index is 1.50. The van der Waals surface area contributed by atoms with Crippen molar-refractivity contribution in [2.75, 3.05) is 23.4 Å². The Kier molecular flexibility index (Phi) is 6.51. The normalized spacial score (nSPS) is 17.6. The summed E-state index contributed by atoms with van der Waals surface area (Å²) in [5.41, 5.74) is 3.36. The van der Waals surface area contributed by atoms with Crippen molar-refractivity contribution in [1.29, 1.82) is 0 Å². The summed E-state index contributed by atoms with van der Waals surface area (Å²) in [6, 6.07) is 8.47. The Bertz CT molecular complexity index is 1220. The molecule has 0 aliphatic carbocycles. The van der Waals surface area contributed by atoms with Crippen molar-refractivity contribution in [3.8, 4) is 11.5 Å². The highest BCUT2D eigenvalue weighted by molar-refractivity contribution is 6.10. The summed E-state index contributed by atoms with van der Waals surface area (Å²) in [6.07, 6.45) is 6.05. The summed E-state index contributed by atoms with van der Waals surface area (Å²) in [5.74, 6) is 2.22. The van der Waals surface area contributed by atoms with E-state index in [-0.39, 0.29) is 5.91 Å². The molecule has 0 saturated carbocycles. The highest BCUT2D eigenvalue weighted by Crippen LogP contribution is 2.34. The van der Waals surface area contributed by atoms with Gasteiger partial charge in [-0.2, -0.15) is 0 Å². The molecule has 35 heavy (non-hydrogen) atoms. The average Bonchev–Trinajstić information content (AvgIpc) is 3.60. The SMILES string of the molecule is CCC(CC)n1cnnc1-c1cccc(N2Cc3c(cc(N4CCC[C@@H]4C)nc3CNC)C2=O)n1. The summed E-state index contributed by atoms with van der Waals surface area (Å²) in [5, 5.41) is 11.7. The second-order valence-electron chi connectivity index (χ2n) is 9.47. The van der Waals surface area contributed by atoms with Crippen LogP contribution in [0.1, 0.15) is 74.1 Å². The van der Waals surface area contributed by atoms with Gasteiger partial charge in [-0.3, -0.25) is 9.69 Å². The first kappa shape index (κ1) is 23.4. The number of fused-ring (bicyclic) bond motifs is 1. The Morgan fingerprint density at radius 3 is 2.71 bits per heavy atom. The standard InChI is InChI=1S/C26H34N8O/c1-5-18(6-2)34-16-28-31-25(34)21-10-7-11-23(29-21)33-15-20-19(26(33)35)13-24(30-22(20)14-27-4)32-12-8-9-17(32)3/h7,10-11,13,16-18,27H,5-6,8-9,12,14-15H2,1-4H3/t17-/m0/s1. The molecule has 1 saturated heterocycles. The summed E-state index contributed by atoms with van der Waals surface area (Å²) in [6.45, 7) is 8.61. The van der Waals surface area contributed by atoms with Crippen LogP contribution < -0.4 is 15.1 Å². The summed E-state index contributed by atoms with van der Waals surface area (Å²) >= 11 is 0. The Morgan fingerprint density at radius 1 is 1.17 bits per heavy atom. The monoisotopic (exact) mass is 474 g/mol. The van der Waals surface area contributed by atoms with E-state index in [1.54, 1.807) is 11.2 Å². The van der Waals surface area contributed by atoms with Gasteiger partial charge in [0, 0.05) is 30.7 Å². The van der Waals surface area contributed by atoms with E-state index in [1.807, 2.05) is 31.3 Å². The van der Waals surface area contributed by atoms with Gasteiger partial charge in [0.2, 0.25) is 0 Å². The van der Waals surface area contributed by atoms with Crippen molar-refractivity contribution in [2.24, 2.45) is 0 Å². The molecule has 2 aliphatic heterocycles. The van der Waals surface area contributed by atoms with Crippen LogP contribution in [-0.4, -0.2) is 50.3 Å². The summed E-state index contributed by atoms with van der Waals surface area (Å²) < 4.78 is 2.09. The van der Waals surface area contributed by atoms with Crippen LogP contribution in [0.4, 0.5) is 11.6 Å². The molecule has 1 N–H and O–H groups in total. The van der Waals surface area contributed by atoms with Gasteiger partial charge in [0.25, 0.3) is 5.91 Å².